The van der Waals surface area contributed by atoms with Gasteiger partial charge in [0.2, 0.25) is 5.88 Å². The van der Waals surface area contributed by atoms with Crippen LogP contribution in [0.1, 0.15) is 24.8 Å². The van der Waals surface area contributed by atoms with Gasteiger partial charge in [0.1, 0.15) is 5.75 Å². The van der Waals surface area contributed by atoms with Crippen LogP contribution in [-0.4, -0.2) is 55.2 Å². The molecular weight excluding hydrogens is 545 g/mol. The lowest BCUT2D eigenvalue weighted by Crippen LogP contribution is -2.46. The summed E-state index contributed by atoms with van der Waals surface area (Å²) < 4.78 is 11.5. The second kappa shape index (κ2) is 13.8. The molecule has 40 heavy (non-hydrogen) atoms. The monoisotopic (exact) mass is 577 g/mol. The zero-order valence-electron chi connectivity index (χ0n) is 22.4. The maximum absolute atomic E-state index is 12.3. The highest BCUT2D eigenvalue weighted by Crippen LogP contribution is 2.33. The summed E-state index contributed by atoms with van der Waals surface area (Å²) in [5.41, 5.74) is 2.86. The topological polar surface area (TPSA) is 54.9 Å². The Morgan fingerprint density at radius 2 is 1.68 bits per heavy atom. The van der Waals surface area contributed by atoms with E-state index in [4.69, 9.17) is 32.7 Å². The van der Waals surface area contributed by atoms with E-state index in [1.807, 2.05) is 72.8 Å². The number of ether oxygens (including phenoxy) is 2. The van der Waals surface area contributed by atoms with Crippen molar-refractivity contribution >= 4 is 45.8 Å². The van der Waals surface area contributed by atoms with Gasteiger partial charge in [-0.25, -0.2) is 4.98 Å². The molecule has 0 aliphatic carbocycles. The lowest BCUT2D eigenvalue weighted by atomic mass is 10.1. The molecule has 5 rings (SSSR count). The summed E-state index contributed by atoms with van der Waals surface area (Å²) >= 11 is 12.6. The number of aromatic nitrogens is 1. The SMILES string of the molecule is O=C(CCc1ccccc1)Oc1ccc2ccc(OCCCCN3CCN(c4cccc(Cl)c4Cl)CC3)cc2n1. The first kappa shape index (κ1) is 28.2. The van der Waals surface area contributed by atoms with E-state index in [0.29, 0.717) is 35.4 Å². The lowest BCUT2D eigenvalue weighted by Gasteiger charge is -2.36. The van der Waals surface area contributed by atoms with E-state index < -0.39 is 0 Å². The molecule has 0 spiro atoms. The fraction of sp³-hybridized carbons (Fsp3) is 0.312. The van der Waals surface area contributed by atoms with Gasteiger partial charge < -0.3 is 14.4 Å². The molecule has 1 saturated heterocycles. The highest BCUT2D eigenvalue weighted by molar-refractivity contribution is 6.43. The molecule has 4 aromatic rings. The van der Waals surface area contributed by atoms with Gasteiger partial charge in [0.05, 0.1) is 34.3 Å². The quantitative estimate of drug-likeness (QED) is 0.140. The standard InChI is InChI=1S/C32H33Cl2N3O3/c33-27-9-6-10-29(32(27)34)37-20-18-36(19-21-37)17-4-5-22-39-26-14-12-25-13-15-30(35-28(25)23-26)40-31(38)16-11-24-7-2-1-3-8-24/h1-3,6-10,12-15,23H,4-5,11,16-22H2. The number of hydrogen-bond donors (Lipinski definition) is 0. The van der Waals surface area contributed by atoms with Crippen LogP contribution in [0.15, 0.2) is 78.9 Å². The van der Waals surface area contributed by atoms with Crippen LogP contribution < -0.4 is 14.4 Å². The average Bonchev–Trinajstić information content (AvgIpc) is 2.98. The number of carbonyl (C=O) groups is 1. The molecule has 1 fully saturated rings. The lowest BCUT2D eigenvalue weighted by molar-refractivity contribution is -0.134. The molecule has 0 atom stereocenters. The third-order valence-electron chi connectivity index (χ3n) is 7.10. The van der Waals surface area contributed by atoms with E-state index >= 15 is 0 Å². The molecule has 0 N–H and O–H groups in total. The molecular formula is C32H33Cl2N3O3. The van der Waals surface area contributed by atoms with E-state index in [1.165, 1.54) is 0 Å². The number of hydrogen-bond acceptors (Lipinski definition) is 6. The normalized spacial score (nSPS) is 13.9. The van der Waals surface area contributed by atoms with Crippen LogP contribution in [0.3, 0.4) is 0 Å². The summed E-state index contributed by atoms with van der Waals surface area (Å²) in [7, 11) is 0. The highest BCUT2D eigenvalue weighted by Gasteiger charge is 2.19. The van der Waals surface area contributed by atoms with E-state index in [-0.39, 0.29) is 5.97 Å². The van der Waals surface area contributed by atoms with E-state index in [0.717, 1.165) is 73.5 Å². The van der Waals surface area contributed by atoms with Crippen molar-refractivity contribution in [2.45, 2.75) is 25.7 Å². The second-order valence-electron chi connectivity index (χ2n) is 9.92. The fourth-order valence-corrected chi connectivity index (χ4v) is 5.28. The molecule has 1 aromatic heterocycles. The van der Waals surface area contributed by atoms with Crippen LogP contribution in [0.2, 0.25) is 10.0 Å². The Morgan fingerprint density at radius 3 is 2.50 bits per heavy atom. The number of fused-ring (bicyclic) bond motifs is 1. The molecule has 1 aliphatic rings. The summed E-state index contributed by atoms with van der Waals surface area (Å²) in [4.78, 5) is 21.6. The number of benzene rings is 3. The van der Waals surface area contributed by atoms with Crippen LogP contribution >= 0.6 is 23.2 Å². The van der Waals surface area contributed by atoms with Crippen LogP contribution in [0, 0.1) is 0 Å². The summed E-state index contributed by atoms with van der Waals surface area (Å²) in [5.74, 6) is 0.776. The van der Waals surface area contributed by atoms with Crippen molar-refractivity contribution in [1.29, 1.82) is 0 Å². The van der Waals surface area contributed by atoms with Crippen molar-refractivity contribution in [3.05, 3.63) is 94.5 Å². The third kappa shape index (κ3) is 7.66. The van der Waals surface area contributed by atoms with Crippen molar-refractivity contribution in [2.24, 2.45) is 0 Å². The van der Waals surface area contributed by atoms with Crippen LogP contribution in [0.4, 0.5) is 5.69 Å². The van der Waals surface area contributed by atoms with Gasteiger partial charge in [-0.3, -0.25) is 9.69 Å². The van der Waals surface area contributed by atoms with Gasteiger partial charge in [-0.1, -0.05) is 59.6 Å². The van der Waals surface area contributed by atoms with Gasteiger partial charge in [0.25, 0.3) is 0 Å². The molecule has 0 unspecified atom stereocenters. The highest BCUT2D eigenvalue weighted by atomic mass is 35.5. The van der Waals surface area contributed by atoms with E-state index in [2.05, 4.69) is 14.8 Å². The number of esters is 1. The van der Waals surface area contributed by atoms with Crippen molar-refractivity contribution in [3.8, 4) is 11.6 Å². The maximum Gasteiger partial charge on any atom is 0.312 e. The molecule has 8 heteroatoms. The molecule has 0 amide bonds. The maximum atomic E-state index is 12.3. The third-order valence-corrected chi connectivity index (χ3v) is 7.91. The first-order valence-corrected chi connectivity index (χ1v) is 14.5. The van der Waals surface area contributed by atoms with Gasteiger partial charge in [-0.2, -0.15) is 0 Å². The van der Waals surface area contributed by atoms with Gasteiger partial charge >= 0.3 is 5.97 Å². The number of nitrogens with zero attached hydrogens (tertiary/aromatic N) is 3. The first-order chi connectivity index (χ1) is 19.5. The number of unbranched alkanes of at least 4 members (excludes halogenated alkanes) is 1. The average molecular weight is 579 g/mol. The predicted octanol–water partition coefficient (Wildman–Crippen LogP) is 7.06. The summed E-state index contributed by atoms with van der Waals surface area (Å²) in [5, 5.41) is 2.20. The number of aryl methyl sites for hydroxylation is 1. The Labute approximate surface area is 245 Å². The van der Waals surface area contributed by atoms with Crippen LogP contribution in [0.25, 0.3) is 10.9 Å². The Morgan fingerprint density at radius 1 is 0.875 bits per heavy atom. The molecule has 0 radical (unpaired) electrons. The number of halogens is 2. The Hall–Kier alpha value is -3.32. The first-order valence-electron chi connectivity index (χ1n) is 13.7. The van der Waals surface area contributed by atoms with Gasteiger partial charge in [-0.15, -0.1) is 0 Å². The second-order valence-corrected chi connectivity index (χ2v) is 10.7. The van der Waals surface area contributed by atoms with Crippen LogP contribution in [0.5, 0.6) is 11.6 Å². The number of rotatable bonds is 11. The fourth-order valence-electron chi connectivity index (χ4n) is 4.86. The zero-order chi connectivity index (χ0) is 27.7. The van der Waals surface area contributed by atoms with Crippen molar-refractivity contribution in [3.63, 3.8) is 0 Å². The molecule has 208 valence electrons. The molecule has 3 aromatic carbocycles. The van der Waals surface area contributed by atoms with Crippen molar-refractivity contribution in [1.82, 2.24) is 9.88 Å². The molecule has 2 heterocycles. The van der Waals surface area contributed by atoms with Gasteiger partial charge in [-0.05, 0) is 61.7 Å². The summed E-state index contributed by atoms with van der Waals surface area (Å²) in [6.07, 6.45) is 2.97. The van der Waals surface area contributed by atoms with Crippen molar-refractivity contribution in [2.75, 3.05) is 44.2 Å². The Kier molecular flexibility index (Phi) is 9.76. The molecule has 0 bridgehead atoms. The number of carbonyl (C=O) groups excluding carboxylic acids is 1. The number of pyridine rings is 1. The minimum Gasteiger partial charge on any atom is -0.494 e. The zero-order valence-corrected chi connectivity index (χ0v) is 23.9. The molecule has 6 nitrogen and oxygen atoms in total. The number of piperazine rings is 1. The largest absolute Gasteiger partial charge is 0.494 e. The summed E-state index contributed by atoms with van der Waals surface area (Å²) in [6, 6.07) is 25.2. The molecule has 0 saturated carbocycles. The smallest absolute Gasteiger partial charge is 0.312 e. The Bertz CT molecular complexity index is 1430. The molecule has 1 aliphatic heterocycles. The van der Waals surface area contributed by atoms with E-state index in [9.17, 15) is 4.79 Å². The van der Waals surface area contributed by atoms with Crippen LogP contribution in [-0.2, 0) is 11.2 Å². The van der Waals surface area contributed by atoms with Gasteiger partial charge in [0.15, 0.2) is 0 Å². The van der Waals surface area contributed by atoms with Crippen molar-refractivity contribution < 1.29 is 14.3 Å². The minimum atomic E-state index is -0.294. The van der Waals surface area contributed by atoms with E-state index in [1.54, 1.807) is 6.07 Å². The minimum absolute atomic E-state index is 0.294. The van der Waals surface area contributed by atoms with Gasteiger partial charge in [0, 0.05) is 43.7 Å². The number of anilines is 1. The predicted molar refractivity (Wildman–Crippen MR) is 162 cm³/mol. The summed E-state index contributed by atoms with van der Waals surface area (Å²) in [6.45, 7) is 5.55. The Balaban J connectivity index is 1.03.